The van der Waals surface area contributed by atoms with E-state index in [1.807, 2.05) is 0 Å². The van der Waals surface area contributed by atoms with Crippen molar-refractivity contribution in [2.24, 2.45) is 5.14 Å². The summed E-state index contributed by atoms with van der Waals surface area (Å²) >= 11 is 0.791. The number of rotatable bonds is 5. The Hall–Kier alpha value is -2.54. The molecule has 1 aromatic heterocycles. The van der Waals surface area contributed by atoms with Gasteiger partial charge in [-0.3, -0.25) is 10.1 Å². The van der Waals surface area contributed by atoms with Gasteiger partial charge >= 0.3 is 5.97 Å². The van der Waals surface area contributed by atoms with Gasteiger partial charge in [0.15, 0.2) is 6.79 Å². The highest BCUT2D eigenvalue weighted by Gasteiger charge is 2.22. The van der Waals surface area contributed by atoms with Crippen LogP contribution in [0, 0.1) is 10.1 Å². The lowest BCUT2D eigenvalue weighted by Gasteiger charge is -2.20. The minimum absolute atomic E-state index is 0.0163. The van der Waals surface area contributed by atoms with E-state index in [-0.39, 0.29) is 35.5 Å². The predicted octanol–water partition coefficient (Wildman–Crippen LogP) is 1.53. The highest BCUT2D eigenvalue weighted by Crippen LogP contribution is 2.33. The van der Waals surface area contributed by atoms with E-state index in [9.17, 15) is 23.3 Å². The summed E-state index contributed by atoms with van der Waals surface area (Å²) in [7, 11) is -3.91. The number of nitrogens with zero attached hydrogens (tertiary/aromatic N) is 1. The van der Waals surface area contributed by atoms with Gasteiger partial charge in [-0.2, -0.15) is 0 Å². The van der Waals surface area contributed by atoms with Crippen LogP contribution >= 0.6 is 11.3 Å². The third-order valence-corrected chi connectivity index (χ3v) is 5.82. The summed E-state index contributed by atoms with van der Waals surface area (Å²) < 4.78 is 37.9. The van der Waals surface area contributed by atoms with Gasteiger partial charge in [0.2, 0.25) is 10.0 Å². The van der Waals surface area contributed by atoms with E-state index in [1.165, 1.54) is 17.5 Å². The standard InChI is InChI=1S/C14H12N2O8S2/c15-26(20,21)12-3-10(6-25-12)14(17)23-5-9-2-11(16(18)19)1-8-4-22-7-24-13(8)9/h1-3,6H,4-5,7H2,(H2,15,20,21). The lowest BCUT2D eigenvalue weighted by Crippen LogP contribution is -2.15. The van der Waals surface area contributed by atoms with Crippen LogP contribution in [0.3, 0.4) is 0 Å². The molecule has 1 aliphatic rings. The highest BCUT2D eigenvalue weighted by molar-refractivity contribution is 7.91. The van der Waals surface area contributed by atoms with E-state index in [1.54, 1.807) is 0 Å². The number of thiophene rings is 1. The molecule has 0 fully saturated rings. The molecule has 0 bridgehead atoms. The Morgan fingerprint density at radius 2 is 2.15 bits per heavy atom. The molecule has 0 unspecified atom stereocenters. The molecule has 1 aromatic carbocycles. The number of nitrogens with two attached hydrogens (primary N) is 1. The number of nitro groups is 1. The van der Waals surface area contributed by atoms with E-state index in [4.69, 9.17) is 19.3 Å². The van der Waals surface area contributed by atoms with Crippen LogP contribution in [0.4, 0.5) is 5.69 Å². The van der Waals surface area contributed by atoms with Crippen LogP contribution in [-0.4, -0.2) is 26.1 Å². The Kier molecular flexibility index (Phi) is 4.91. The number of esters is 1. The van der Waals surface area contributed by atoms with Crippen molar-refractivity contribution in [3.8, 4) is 5.75 Å². The summed E-state index contributed by atoms with van der Waals surface area (Å²) in [4.78, 5) is 22.6. The minimum Gasteiger partial charge on any atom is -0.467 e. The zero-order chi connectivity index (χ0) is 18.9. The van der Waals surface area contributed by atoms with Gasteiger partial charge in [0.25, 0.3) is 5.69 Å². The van der Waals surface area contributed by atoms with Crippen molar-refractivity contribution >= 4 is 33.0 Å². The van der Waals surface area contributed by atoms with E-state index in [0.29, 0.717) is 16.9 Å². The number of carbonyl (C=O) groups is 1. The van der Waals surface area contributed by atoms with Gasteiger partial charge in [0, 0.05) is 28.6 Å². The largest absolute Gasteiger partial charge is 0.467 e. The Balaban J connectivity index is 1.81. The zero-order valence-electron chi connectivity index (χ0n) is 13.0. The fraction of sp³-hybridized carbons (Fsp3) is 0.214. The number of nitro benzene ring substituents is 1. The van der Waals surface area contributed by atoms with Crippen molar-refractivity contribution in [1.82, 2.24) is 0 Å². The molecule has 0 aliphatic carbocycles. The van der Waals surface area contributed by atoms with Gasteiger partial charge in [-0.1, -0.05) is 0 Å². The van der Waals surface area contributed by atoms with Crippen LogP contribution in [0.2, 0.25) is 0 Å². The monoisotopic (exact) mass is 400 g/mol. The molecule has 0 radical (unpaired) electrons. The quantitative estimate of drug-likeness (QED) is 0.451. The number of ether oxygens (including phenoxy) is 3. The lowest BCUT2D eigenvalue weighted by molar-refractivity contribution is -0.385. The van der Waals surface area contributed by atoms with Crippen molar-refractivity contribution in [2.45, 2.75) is 17.4 Å². The summed E-state index contributed by atoms with van der Waals surface area (Å²) in [6, 6.07) is 3.69. The number of sulfonamides is 1. The second kappa shape index (κ2) is 6.99. The molecule has 2 N–H and O–H groups in total. The Labute approximate surface area is 151 Å². The summed E-state index contributed by atoms with van der Waals surface area (Å²) in [5, 5.41) is 17.3. The topological polar surface area (TPSA) is 148 Å². The van der Waals surface area contributed by atoms with E-state index >= 15 is 0 Å². The van der Waals surface area contributed by atoms with Crippen LogP contribution in [0.15, 0.2) is 27.8 Å². The number of benzene rings is 1. The predicted molar refractivity (Wildman–Crippen MR) is 88.2 cm³/mol. The molecule has 10 nitrogen and oxygen atoms in total. The maximum atomic E-state index is 12.1. The number of hydrogen-bond donors (Lipinski definition) is 1. The molecule has 0 saturated carbocycles. The van der Waals surface area contributed by atoms with Crippen molar-refractivity contribution in [2.75, 3.05) is 6.79 Å². The lowest BCUT2D eigenvalue weighted by atomic mass is 10.1. The highest BCUT2D eigenvalue weighted by atomic mass is 32.2. The van der Waals surface area contributed by atoms with Crippen LogP contribution in [0.1, 0.15) is 21.5 Å². The maximum absolute atomic E-state index is 12.1. The zero-order valence-corrected chi connectivity index (χ0v) is 14.7. The molecule has 1 aliphatic heterocycles. The molecule has 138 valence electrons. The average Bonchev–Trinajstić information content (AvgIpc) is 3.09. The maximum Gasteiger partial charge on any atom is 0.339 e. The molecule has 0 amide bonds. The molecule has 2 aromatic rings. The Bertz CT molecular complexity index is 983. The molecule has 0 atom stereocenters. The van der Waals surface area contributed by atoms with Crippen LogP contribution < -0.4 is 9.88 Å². The van der Waals surface area contributed by atoms with Crippen molar-refractivity contribution < 1.29 is 32.3 Å². The van der Waals surface area contributed by atoms with Crippen molar-refractivity contribution in [3.63, 3.8) is 0 Å². The second-order valence-corrected chi connectivity index (χ2v) is 7.94. The minimum atomic E-state index is -3.91. The molecule has 26 heavy (non-hydrogen) atoms. The summed E-state index contributed by atoms with van der Waals surface area (Å²) in [5.41, 5.74) is 0.620. The van der Waals surface area contributed by atoms with Crippen molar-refractivity contribution in [1.29, 1.82) is 0 Å². The molecule has 0 spiro atoms. The molecular weight excluding hydrogens is 388 g/mol. The third-order valence-electron chi connectivity index (χ3n) is 3.43. The fourth-order valence-corrected chi connectivity index (χ4v) is 3.87. The van der Waals surface area contributed by atoms with Crippen LogP contribution in [0.25, 0.3) is 0 Å². The molecular formula is C14H12N2O8S2. The summed E-state index contributed by atoms with van der Waals surface area (Å²) in [5.74, 6) is -0.423. The third kappa shape index (κ3) is 3.83. The number of fused-ring (bicyclic) bond motifs is 1. The first-order chi connectivity index (χ1) is 12.3. The number of non-ortho nitro benzene ring substituents is 1. The van der Waals surface area contributed by atoms with E-state index < -0.39 is 20.9 Å². The fourth-order valence-electron chi connectivity index (χ4n) is 2.29. The number of hydrogen-bond acceptors (Lipinski definition) is 9. The van der Waals surface area contributed by atoms with Crippen molar-refractivity contribution in [3.05, 3.63) is 50.4 Å². The Morgan fingerprint density at radius 3 is 2.81 bits per heavy atom. The number of primary sulfonamides is 1. The van der Waals surface area contributed by atoms with Gasteiger partial charge in [-0.05, 0) is 6.07 Å². The summed E-state index contributed by atoms with van der Waals surface area (Å²) in [6.45, 7) is -0.169. The van der Waals surface area contributed by atoms with Crippen LogP contribution in [-0.2, 0) is 32.7 Å². The van der Waals surface area contributed by atoms with Gasteiger partial charge in [0.1, 0.15) is 16.6 Å². The van der Waals surface area contributed by atoms with Gasteiger partial charge in [0.05, 0.1) is 17.1 Å². The van der Waals surface area contributed by atoms with Crippen LogP contribution in [0.5, 0.6) is 5.75 Å². The van der Waals surface area contributed by atoms with E-state index in [2.05, 4.69) is 0 Å². The first-order valence-corrected chi connectivity index (χ1v) is 9.47. The van der Waals surface area contributed by atoms with Gasteiger partial charge in [-0.15, -0.1) is 11.3 Å². The first-order valence-electron chi connectivity index (χ1n) is 7.05. The SMILES string of the molecule is NS(=O)(=O)c1cc(C(=O)OCc2cc([N+](=O)[O-])cc3c2OCOC3)cs1. The Morgan fingerprint density at radius 1 is 1.38 bits per heavy atom. The normalized spacial score (nSPS) is 13.6. The van der Waals surface area contributed by atoms with Gasteiger partial charge in [-0.25, -0.2) is 18.4 Å². The van der Waals surface area contributed by atoms with E-state index in [0.717, 1.165) is 17.4 Å². The number of carbonyl (C=O) groups excluding carboxylic acids is 1. The second-order valence-electron chi connectivity index (χ2n) is 5.24. The molecule has 3 rings (SSSR count). The molecule has 0 saturated heterocycles. The average molecular weight is 400 g/mol. The summed E-state index contributed by atoms with van der Waals surface area (Å²) in [6.07, 6.45) is 0. The first kappa shape index (κ1) is 18.3. The molecule has 12 heteroatoms. The van der Waals surface area contributed by atoms with Gasteiger partial charge < -0.3 is 14.2 Å². The molecule has 2 heterocycles. The smallest absolute Gasteiger partial charge is 0.339 e.